The zero-order chi connectivity index (χ0) is 10.9. The third-order valence-electron chi connectivity index (χ3n) is 2.56. The van der Waals surface area contributed by atoms with Crippen molar-refractivity contribution in [1.82, 2.24) is 0 Å². The van der Waals surface area contributed by atoms with Crippen molar-refractivity contribution in [2.75, 3.05) is 0 Å². The summed E-state index contributed by atoms with van der Waals surface area (Å²) in [6, 6.07) is 4.36. The van der Waals surface area contributed by atoms with Gasteiger partial charge in [0.2, 0.25) is 0 Å². The lowest BCUT2D eigenvalue weighted by atomic mass is 9.81. The van der Waals surface area contributed by atoms with Crippen LogP contribution in [-0.2, 0) is 0 Å². The van der Waals surface area contributed by atoms with E-state index in [-0.39, 0.29) is 0 Å². The molecule has 0 atom stereocenters. The van der Waals surface area contributed by atoms with Gasteiger partial charge in [0.15, 0.2) is 0 Å². The van der Waals surface area contributed by atoms with Gasteiger partial charge in [-0.2, -0.15) is 10.5 Å². The van der Waals surface area contributed by atoms with E-state index in [1.807, 2.05) is 6.92 Å². The van der Waals surface area contributed by atoms with Crippen LogP contribution in [0.3, 0.4) is 0 Å². The third-order valence-corrected chi connectivity index (χ3v) is 2.56. The fraction of sp³-hybridized carbons (Fsp3) is 0.833. The summed E-state index contributed by atoms with van der Waals surface area (Å²) in [4.78, 5) is 0. The van der Waals surface area contributed by atoms with Crippen LogP contribution in [0.1, 0.15) is 58.8 Å². The van der Waals surface area contributed by atoms with E-state index in [9.17, 15) is 0 Å². The maximum absolute atomic E-state index is 8.99. The Balaban J connectivity index is 3.99. The van der Waals surface area contributed by atoms with Crippen LogP contribution in [0.15, 0.2) is 0 Å². The molecule has 2 heteroatoms. The maximum atomic E-state index is 8.99. The van der Waals surface area contributed by atoms with Crippen LogP contribution in [0.25, 0.3) is 0 Å². The molecule has 78 valence electrons. The highest BCUT2D eigenvalue weighted by Gasteiger charge is 2.27. The number of unbranched alkanes of at least 4 members (excludes halogenated alkanes) is 3. The SMILES string of the molecule is CCCCCCC(C#N)(C#N)CCC. The van der Waals surface area contributed by atoms with Gasteiger partial charge in [-0.3, -0.25) is 0 Å². The molecule has 0 rings (SSSR count). The van der Waals surface area contributed by atoms with E-state index in [4.69, 9.17) is 10.5 Å². The van der Waals surface area contributed by atoms with E-state index in [1.165, 1.54) is 12.8 Å². The summed E-state index contributed by atoms with van der Waals surface area (Å²) in [5.74, 6) is 0. The highest BCUT2D eigenvalue weighted by atomic mass is 14.4. The smallest absolute Gasteiger partial charge is 0.143 e. The number of hydrogen-bond acceptors (Lipinski definition) is 2. The van der Waals surface area contributed by atoms with Crippen molar-refractivity contribution in [2.45, 2.75) is 58.8 Å². The van der Waals surface area contributed by atoms with Gasteiger partial charge in [0, 0.05) is 0 Å². The second-order valence-electron chi connectivity index (χ2n) is 3.87. The summed E-state index contributed by atoms with van der Waals surface area (Å²) in [6.45, 7) is 4.18. The Morgan fingerprint density at radius 1 is 0.857 bits per heavy atom. The molecule has 0 N–H and O–H groups in total. The summed E-state index contributed by atoms with van der Waals surface area (Å²) in [5, 5.41) is 18.0. The van der Waals surface area contributed by atoms with Gasteiger partial charge in [0.05, 0.1) is 12.1 Å². The Kier molecular flexibility index (Phi) is 6.85. The second-order valence-corrected chi connectivity index (χ2v) is 3.87. The first kappa shape index (κ1) is 13.0. The van der Waals surface area contributed by atoms with E-state index in [1.54, 1.807) is 0 Å². The molecule has 0 spiro atoms. The van der Waals surface area contributed by atoms with Crippen molar-refractivity contribution in [2.24, 2.45) is 5.41 Å². The van der Waals surface area contributed by atoms with Crippen LogP contribution in [0.5, 0.6) is 0 Å². The second kappa shape index (κ2) is 7.39. The highest BCUT2D eigenvalue weighted by Crippen LogP contribution is 2.29. The predicted octanol–water partition coefficient (Wildman–Crippen LogP) is 3.79. The lowest BCUT2D eigenvalue weighted by Gasteiger charge is -2.16. The summed E-state index contributed by atoms with van der Waals surface area (Å²) in [5.41, 5.74) is -0.706. The molecule has 0 saturated carbocycles. The minimum absolute atomic E-state index is 0.706. The molecular formula is C12H20N2. The van der Waals surface area contributed by atoms with E-state index >= 15 is 0 Å². The Hall–Kier alpha value is -1.02. The monoisotopic (exact) mass is 192 g/mol. The molecule has 0 fully saturated rings. The van der Waals surface area contributed by atoms with Crippen molar-refractivity contribution in [3.63, 3.8) is 0 Å². The maximum Gasteiger partial charge on any atom is 0.143 e. The summed E-state index contributed by atoms with van der Waals surface area (Å²) < 4.78 is 0. The van der Waals surface area contributed by atoms with E-state index in [0.29, 0.717) is 6.42 Å². The largest absolute Gasteiger partial charge is 0.197 e. The fourth-order valence-corrected chi connectivity index (χ4v) is 1.65. The van der Waals surface area contributed by atoms with Gasteiger partial charge < -0.3 is 0 Å². The lowest BCUT2D eigenvalue weighted by Crippen LogP contribution is -2.15. The number of nitriles is 2. The Labute approximate surface area is 87.5 Å². The van der Waals surface area contributed by atoms with Crippen LogP contribution < -0.4 is 0 Å². The molecular weight excluding hydrogens is 172 g/mol. The first-order chi connectivity index (χ1) is 6.74. The van der Waals surface area contributed by atoms with Crippen molar-refractivity contribution in [1.29, 1.82) is 10.5 Å². The minimum atomic E-state index is -0.706. The molecule has 0 radical (unpaired) electrons. The molecule has 0 aliphatic rings. The van der Waals surface area contributed by atoms with E-state index in [2.05, 4.69) is 19.1 Å². The van der Waals surface area contributed by atoms with Gasteiger partial charge >= 0.3 is 0 Å². The molecule has 0 heterocycles. The normalized spacial score (nSPS) is 10.6. The van der Waals surface area contributed by atoms with Crippen LogP contribution in [0.4, 0.5) is 0 Å². The number of nitrogens with zero attached hydrogens (tertiary/aromatic N) is 2. The Bertz CT molecular complexity index is 205. The van der Waals surface area contributed by atoms with Crippen molar-refractivity contribution in [3.8, 4) is 12.1 Å². The van der Waals surface area contributed by atoms with Gasteiger partial charge in [0.1, 0.15) is 5.41 Å². The van der Waals surface area contributed by atoms with Crippen LogP contribution >= 0.6 is 0 Å². The molecule has 0 amide bonds. The molecule has 0 unspecified atom stereocenters. The quantitative estimate of drug-likeness (QED) is 0.576. The average molecular weight is 192 g/mol. The number of rotatable bonds is 7. The molecule has 0 aliphatic heterocycles. The number of hydrogen-bond donors (Lipinski definition) is 0. The van der Waals surface area contributed by atoms with Crippen molar-refractivity contribution < 1.29 is 0 Å². The molecule has 0 aromatic carbocycles. The third kappa shape index (κ3) is 4.28. The molecule has 0 aliphatic carbocycles. The highest BCUT2D eigenvalue weighted by molar-refractivity contribution is 5.12. The zero-order valence-electron chi connectivity index (χ0n) is 9.34. The molecule has 14 heavy (non-hydrogen) atoms. The summed E-state index contributed by atoms with van der Waals surface area (Å²) in [7, 11) is 0. The van der Waals surface area contributed by atoms with E-state index in [0.717, 1.165) is 25.7 Å². The topological polar surface area (TPSA) is 47.6 Å². The van der Waals surface area contributed by atoms with Crippen molar-refractivity contribution in [3.05, 3.63) is 0 Å². The van der Waals surface area contributed by atoms with Gasteiger partial charge in [-0.15, -0.1) is 0 Å². The summed E-state index contributed by atoms with van der Waals surface area (Å²) in [6.07, 6.45) is 6.92. The molecule has 0 saturated heterocycles. The van der Waals surface area contributed by atoms with Gasteiger partial charge in [0.25, 0.3) is 0 Å². The standard InChI is InChI=1S/C12H20N2/c1-3-5-6-7-9-12(10-13,11-14)8-4-2/h3-9H2,1-2H3. The Morgan fingerprint density at radius 2 is 1.50 bits per heavy atom. The first-order valence-electron chi connectivity index (χ1n) is 5.57. The van der Waals surface area contributed by atoms with Crippen molar-refractivity contribution >= 4 is 0 Å². The van der Waals surface area contributed by atoms with Gasteiger partial charge in [-0.25, -0.2) is 0 Å². The first-order valence-corrected chi connectivity index (χ1v) is 5.57. The molecule has 0 aromatic heterocycles. The van der Waals surface area contributed by atoms with Crippen LogP contribution in [0, 0.1) is 28.1 Å². The minimum Gasteiger partial charge on any atom is -0.197 e. The molecule has 2 nitrogen and oxygen atoms in total. The Morgan fingerprint density at radius 3 is 1.93 bits per heavy atom. The van der Waals surface area contributed by atoms with Crippen LogP contribution in [-0.4, -0.2) is 0 Å². The fourth-order valence-electron chi connectivity index (χ4n) is 1.65. The summed E-state index contributed by atoms with van der Waals surface area (Å²) >= 11 is 0. The predicted molar refractivity (Wildman–Crippen MR) is 57.3 cm³/mol. The van der Waals surface area contributed by atoms with Gasteiger partial charge in [-0.05, 0) is 12.8 Å². The zero-order valence-corrected chi connectivity index (χ0v) is 9.34. The van der Waals surface area contributed by atoms with E-state index < -0.39 is 5.41 Å². The average Bonchev–Trinajstić information content (AvgIpc) is 2.23. The molecule has 0 aromatic rings. The lowest BCUT2D eigenvalue weighted by molar-refractivity contribution is 0.410. The van der Waals surface area contributed by atoms with Crippen LogP contribution in [0.2, 0.25) is 0 Å². The molecule has 0 bridgehead atoms. The van der Waals surface area contributed by atoms with Gasteiger partial charge in [-0.1, -0.05) is 46.0 Å².